The van der Waals surface area contributed by atoms with Crippen LogP contribution in [0.5, 0.6) is 11.5 Å². The third kappa shape index (κ3) is 3.47. The van der Waals surface area contributed by atoms with Crippen molar-refractivity contribution in [2.75, 3.05) is 0 Å². The van der Waals surface area contributed by atoms with Crippen molar-refractivity contribution in [1.82, 2.24) is 0 Å². The average molecular weight is 422 g/mol. The summed E-state index contributed by atoms with van der Waals surface area (Å²) in [5, 5.41) is 0. The molecule has 0 fully saturated rings. The van der Waals surface area contributed by atoms with E-state index in [4.69, 9.17) is 4.74 Å². The lowest BCUT2D eigenvalue weighted by molar-refractivity contribution is 0.487. The van der Waals surface area contributed by atoms with Gasteiger partial charge < -0.3 is 4.74 Å². The fraction of sp³-hybridized carbons (Fsp3) is 0.0968. The molecular formula is C31H23BO. The van der Waals surface area contributed by atoms with Crippen LogP contribution < -0.4 is 21.1 Å². The summed E-state index contributed by atoms with van der Waals surface area (Å²) < 4.78 is 6.36. The fourth-order valence-electron chi connectivity index (χ4n) is 5.08. The quantitative estimate of drug-likeness (QED) is 0.343. The van der Waals surface area contributed by atoms with Gasteiger partial charge >= 0.3 is 0 Å². The Bertz CT molecular complexity index is 1400. The highest BCUT2D eigenvalue weighted by Crippen LogP contribution is 2.30. The molecule has 1 nitrogen and oxygen atoms in total. The molecule has 2 aliphatic rings. The van der Waals surface area contributed by atoms with Crippen LogP contribution in [0.4, 0.5) is 0 Å². The molecule has 0 unspecified atom stereocenters. The Hall–Kier alpha value is -3.96. The monoisotopic (exact) mass is 422 g/mol. The van der Waals surface area contributed by atoms with E-state index in [1.807, 2.05) is 13.0 Å². The van der Waals surface area contributed by atoms with Crippen molar-refractivity contribution in [1.29, 1.82) is 0 Å². The minimum absolute atomic E-state index is 0.0139. The largest absolute Gasteiger partial charge is 0.458 e. The van der Waals surface area contributed by atoms with Gasteiger partial charge in [-0.1, -0.05) is 103 Å². The van der Waals surface area contributed by atoms with Gasteiger partial charge in [0.15, 0.2) is 0 Å². The number of allylic oxidation sites excluding steroid dienone is 4. The van der Waals surface area contributed by atoms with Crippen molar-refractivity contribution in [3.63, 3.8) is 0 Å². The molecule has 0 amide bonds. The minimum atomic E-state index is 0.0139. The Kier molecular flexibility index (Phi) is 4.89. The first-order valence-electron chi connectivity index (χ1n) is 11.6. The molecule has 0 radical (unpaired) electrons. The molecule has 0 saturated heterocycles. The maximum absolute atomic E-state index is 6.36. The van der Waals surface area contributed by atoms with E-state index in [9.17, 15) is 0 Å². The van der Waals surface area contributed by atoms with E-state index < -0.39 is 0 Å². The highest BCUT2D eigenvalue weighted by atomic mass is 16.5. The Morgan fingerprint density at radius 3 is 2.48 bits per heavy atom. The smallest absolute Gasteiger partial charge is 0.263 e. The number of fused-ring (bicyclic) bond motifs is 2. The van der Waals surface area contributed by atoms with Gasteiger partial charge in [-0.05, 0) is 59.6 Å². The van der Waals surface area contributed by atoms with Gasteiger partial charge in [0.05, 0.1) is 0 Å². The van der Waals surface area contributed by atoms with Crippen LogP contribution in [-0.2, 0) is 0 Å². The lowest BCUT2D eigenvalue weighted by Crippen LogP contribution is -2.56. The maximum Gasteiger partial charge on any atom is 0.263 e. The highest BCUT2D eigenvalue weighted by molar-refractivity contribution is 6.98. The summed E-state index contributed by atoms with van der Waals surface area (Å²) in [6.45, 7) is 2.05. The second-order valence-electron chi connectivity index (χ2n) is 8.72. The molecule has 4 aromatic carbocycles. The topological polar surface area (TPSA) is 9.23 Å². The van der Waals surface area contributed by atoms with Gasteiger partial charge in [-0.3, -0.25) is 0 Å². The van der Waals surface area contributed by atoms with Crippen molar-refractivity contribution in [2.45, 2.75) is 19.8 Å². The van der Waals surface area contributed by atoms with Gasteiger partial charge in [0.25, 0.3) is 6.71 Å². The van der Waals surface area contributed by atoms with Gasteiger partial charge in [0, 0.05) is 11.0 Å². The number of hydrogen-bond acceptors (Lipinski definition) is 1. The molecule has 1 aliphatic heterocycles. The number of ether oxygens (including phenoxy) is 1. The first-order valence-corrected chi connectivity index (χ1v) is 11.6. The molecule has 33 heavy (non-hydrogen) atoms. The molecule has 0 bridgehead atoms. The number of hydrogen-bond donors (Lipinski definition) is 0. The van der Waals surface area contributed by atoms with Gasteiger partial charge in [-0.25, -0.2) is 0 Å². The zero-order chi connectivity index (χ0) is 22.2. The second-order valence-corrected chi connectivity index (χ2v) is 8.72. The molecule has 1 aliphatic carbocycles. The summed E-state index contributed by atoms with van der Waals surface area (Å²) in [6.07, 6.45) is 8.82. The molecule has 1 heterocycles. The van der Waals surface area contributed by atoms with Crippen LogP contribution in [0.1, 0.15) is 24.0 Å². The maximum atomic E-state index is 6.36. The molecule has 0 N–H and O–H groups in total. The third-order valence-electron chi connectivity index (χ3n) is 6.59. The summed E-state index contributed by atoms with van der Waals surface area (Å²) in [5.41, 5.74) is 9.74. The minimum Gasteiger partial charge on any atom is -0.458 e. The van der Waals surface area contributed by atoms with Crippen LogP contribution in [0.3, 0.4) is 0 Å². The zero-order valence-corrected chi connectivity index (χ0v) is 18.6. The Labute approximate surface area is 196 Å². The van der Waals surface area contributed by atoms with Crippen LogP contribution in [0.15, 0.2) is 97.1 Å². The molecule has 2 heteroatoms. The summed E-state index contributed by atoms with van der Waals surface area (Å²) in [5.74, 6) is 1.79. The van der Waals surface area contributed by atoms with E-state index in [1.165, 1.54) is 33.2 Å². The van der Waals surface area contributed by atoms with Crippen molar-refractivity contribution in [2.24, 2.45) is 0 Å². The van der Waals surface area contributed by atoms with Crippen LogP contribution in [0.25, 0.3) is 16.7 Å². The van der Waals surface area contributed by atoms with Crippen LogP contribution in [0, 0.1) is 19.1 Å². The first-order chi connectivity index (χ1) is 16.3. The summed E-state index contributed by atoms with van der Waals surface area (Å²) in [7, 11) is 0. The Balaban J connectivity index is 1.69. The summed E-state index contributed by atoms with van der Waals surface area (Å²) in [6, 6.07) is 34.7. The van der Waals surface area contributed by atoms with Crippen molar-refractivity contribution in [3.8, 4) is 22.6 Å². The van der Waals surface area contributed by atoms with Crippen molar-refractivity contribution >= 4 is 28.7 Å². The molecule has 0 spiro atoms. The van der Waals surface area contributed by atoms with Crippen molar-refractivity contribution in [3.05, 3.63) is 120 Å². The number of para-hydroxylation sites is 1. The van der Waals surface area contributed by atoms with Crippen LogP contribution >= 0.6 is 0 Å². The molecule has 6 rings (SSSR count). The zero-order valence-electron chi connectivity index (χ0n) is 18.6. The SMILES string of the molecule is Cc1c#cc2c(c1)Oc1ccccc1B2c1c(C2=CC=CCC2)cccc1-c1ccccc1. The van der Waals surface area contributed by atoms with E-state index in [1.54, 1.807) is 0 Å². The molecule has 156 valence electrons. The highest BCUT2D eigenvalue weighted by Gasteiger charge is 2.36. The lowest BCUT2D eigenvalue weighted by atomic mass is 9.34. The van der Waals surface area contributed by atoms with Gasteiger partial charge in [-0.2, -0.15) is 0 Å². The van der Waals surface area contributed by atoms with Crippen molar-refractivity contribution < 1.29 is 4.74 Å². The summed E-state index contributed by atoms with van der Waals surface area (Å²) in [4.78, 5) is 0. The lowest BCUT2D eigenvalue weighted by Gasteiger charge is -2.29. The molecule has 0 atom stereocenters. The molecule has 4 aromatic rings. The van der Waals surface area contributed by atoms with E-state index in [2.05, 4.69) is 103 Å². The first kappa shape index (κ1) is 19.7. The third-order valence-corrected chi connectivity index (χ3v) is 6.59. The number of aryl methyl sites for hydroxylation is 1. The standard InChI is InChI=1S/C31H23BO/c1-22-19-20-28-30(21-22)33-29-18-9-8-17-27(29)32(28)31-25(23-11-4-2-5-12-23)15-10-16-26(31)24-13-6-3-7-14-24/h2-6,8-13,15-18,21H,7,14H2,1H3. The normalized spacial score (nSPS) is 14.0. The van der Waals surface area contributed by atoms with Crippen LogP contribution in [0.2, 0.25) is 0 Å². The Morgan fingerprint density at radius 2 is 1.64 bits per heavy atom. The van der Waals surface area contributed by atoms with E-state index in [0.717, 1.165) is 35.4 Å². The van der Waals surface area contributed by atoms with Gasteiger partial charge in [-0.15, -0.1) is 0 Å². The summed E-state index contributed by atoms with van der Waals surface area (Å²) >= 11 is 0. The second kappa shape index (κ2) is 8.19. The predicted molar refractivity (Wildman–Crippen MR) is 138 cm³/mol. The molecule has 0 saturated carbocycles. The average Bonchev–Trinajstić information content (AvgIpc) is 2.88. The van der Waals surface area contributed by atoms with E-state index in [0.29, 0.717) is 0 Å². The predicted octanol–water partition coefficient (Wildman–Crippen LogP) is 5.62. The number of benzene rings is 3. The van der Waals surface area contributed by atoms with E-state index >= 15 is 0 Å². The van der Waals surface area contributed by atoms with Crippen LogP contribution in [-0.4, -0.2) is 6.71 Å². The van der Waals surface area contributed by atoms with Gasteiger partial charge in [0.1, 0.15) is 11.5 Å². The molecular weight excluding hydrogens is 399 g/mol. The molecule has 0 aromatic heterocycles. The Morgan fingerprint density at radius 1 is 0.818 bits per heavy atom. The fourth-order valence-corrected chi connectivity index (χ4v) is 5.08. The van der Waals surface area contributed by atoms with Gasteiger partial charge in [0.2, 0.25) is 0 Å². The number of rotatable bonds is 3. The van der Waals surface area contributed by atoms with E-state index in [-0.39, 0.29) is 6.71 Å².